The maximum atomic E-state index is 9.15. The molecule has 3 unspecified atom stereocenters. The van der Waals surface area contributed by atoms with Crippen molar-refractivity contribution in [1.82, 2.24) is 5.32 Å². The smallest absolute Gasteiger partial charge is 0.0861 e. The Morgan fingerprint density at radius 1 is 1.54 bits per heavy atom. The molecule has 1 aliphatic carbocycles. The number of nitrogens with one attached hydrogen (secondary N) is 1. The van der Waals surface area contributed by atoms with Crippen LogP contribution >= 0.6 is 11.8 Å². The van der Waals surface area contributed by atoms with Gasteiger partial charge in [0.1, 0.15) is 0 Å². The number of thioether (sulfide) groups is 1. The molecule has 1 rings (SSSR count). The topological polar surface area (TPSA) is 52.5 Å². The molecule has 0 aromatic carbocycles. The van der Waals surface area contributed by atoms with Gasteiger partial charge in [0.2, 0.25) is 0 Å². The molecule has 0 aromatic heterocycles. The van der Waals surface area contributed by atoms with E-state index in [0.29, 0.717) is 17.0 Å². The molecule has 3 atom stereocenters. The first-order valence-electron chi connectivity index (χ1n) is 4.84. The molecule has 13 heavy (non-hydrogen) atoms. The van der Waals surface area contributed by atoms with Gasteiger partial charge in [-0.3, -0.25) is 0 Å². The third-order valence-corrected chi connectivity index (χ3v) is 4.00. The van der Waals surface area contributed by atoms with E-state index < -0.39 is 6.10 Å². The summed E-state index contributed by atoms with van der Waals surface area (Å²) in [6.07, 6.45) is 3.12. The minimum Gasteiger partial charge on any atom is -0.394 e. The Kier molecular flexibility index (Phi) is 5.09. The fourth-order valence-electron chi connectivity index (χ4n) is 1.65. The summed E-state index contributed by atoms with van der Waals surface area (Å²) in [5.41, 5.74) is 0. The molecular weight excluding hydrogens is 186 g/mol. The molecule has 1 fully saturated rings. The third kappa shape index (κ3) is 3.85. The van der Waals surface area contributed by atoms with E-state index >= 15 is 0 Å². The molecule has 0 amide bonds. The zero-order valence-electron chi connectivity index (χ0n) is 8.07. The molecule has 1 saturated carbocycles. The quantitative estimate of drug-likeness (QED) is 0.601. The lowest BCUT2D eigenvalue weighted by Crippen LogP contribution is -2.22. The predicted octanol–water partition coefficient (Wildman–Crippen LogP) is 0.213. The first kappa shape index (κ1) is 11.3. The summed E-state index contributed by atoms with van der Waals surface area (Å²) >= 11 is 1.79. The fraction of sp³-hybridized carbons (Fsp3) is 1.00. The van der Waals surface area contributed by atoms with Gasteiger partial charge in [-0.1, -0.05) is 0 Å². The highest BCUT2D eigenvalue weighted by molar-refractivity contribution is 7.99. The fourth-order valence-corrected chi connectivity index (χ4v) is 2.92. The van der Waals surface area contributed by atoms with Gasteiger partial charge in [-0.15, -0.1) is 0 Å². The molecule has 0 aliphatic heterocycles. The van der Waals surface area contributed by atoms with Crippen LogP contribution in [-0.4, -0.2) is 47.0 Å². The van der Waals surface area contributed by atoms with Crippen molar-refractivity contribution in [2.45, 2.75) is 36.7 Å². The van der Waals surface area contributed by atoms with E-state index in [1.807, 2.05) is 7.05 Å². The number of hydrogen-bond acceptors (Lipinski definition) is 4. The van der Waals surface area contributed by atoms with Crippen LogP contribution in [-0.2, 0) is 0 Å². The molecule has 3 nitrogen and oxygen atoms in total. The molecular formula is C9H19NO2S. The summed E-state index contributed by atoms with van der Waals surface area (Å²) < 4.78 is 0. The van der Waals surface area contributed by atoms with Crippen molar-refractivity contribution < 1.29 is 10.2 Å². The van der Waals surface area contributed by atoms with Crippen LogP contribution in [0.2, 0.25) is 0 Å². The van der Waals surface area contributed by atoms with Gasteiger partial charge in [0.05, 0.1) is 12.7 Å². The SMILES string of the molecule is CNC1CCC(SCC(O)CO)C1. The first-order valence-corrected chi connectivity index (χ1v) is 5.89. The molecule has 4 heteroatoms. The van der Waals surface area contributed by atoms with Gasteiger partial charge in [-0.25, -0.2) is 0 Å². The van der Waals surface area contributed by atoms with E-state index in [1.54, 1.807) is 11.8 Å². The minimum absolute atomic E-state index is 0.116. The van der Waals surface area contributed by atoms with Crippen LogP contribution in [0.15, 0.2) is 0 Å². The van der Waals surface area contributed by atoms with Crippen molar-refractivity contribution in [2.24, 2.45) is 0 Å². The number of aliphatic hydroxyl groups is 2. The second kappa shape index (κ2) is 5.86. The standard InChI is InChI=1S/C9H19NO2S/c1-10-7-2-3-9(4-7)13-6-8(12)5-11/h7-12H,2-6H2,1H3. The van der Waals surface area contributed by atoms with Crippen molar-refractivity contribution in [3.63, 3.8) is 0 Å². The molecule has 0 saturated heterocycles. The van der Waals surface area contributed by atoms with Crippen molar-refractivity contribution in [1.29, 1.82) is 0 Å². The van der Waals surface area contributed by atoms with E-state index in [-0.39, 0.29) is 6.61 Å². The van der Waals surface area contributed by atoms with Gasteiger partial charge < -0.3 is 15.5 Å². The van der Waals surface area contributed by atoms with Crippen LogP contribution in [0.4, 0.5) is 0 Å². The maximum absolute atomic E-state index is 9.15. The zero-order chi connectivity index (χ0) is 9.68. The number of rotatable bonds is 5. The van der Waals surface area contributed by atoms with E-state index in [9.17, 15) is 0 Å². The first-order chi connectivity index (χ1) is 6.26. The summed E-state index contributed by atoms with van der Waals surface area (Å²) in [4.78, 5) is 0. The van der Waals surface area contributed by atoms with Gasteiger partial charge in [0, 0.05) is 17.0 Å². The Morgan fingerprint density at radius 2 is 2.31 bits per heavy atom. The van der Waals surface area contributed by atoms with Crippen LogP contribution in [0, 0.1) is 0 Å². The summed E-state index contributed by atoms with van der Waals surface area (Å²) in [6.45, 7) is -0.116. The highest BCUT2D eigenvalue weighted by Crippen LogP contribution is 2.29. The van der Waals surface area contributed by atoms with Crippen LogP contribution in [0.5, 0.6) is 0 Å². The summed E-state index contributed by atoms with van der Waals surface area (Å²) in [7, 11) is 2.00. The van der Waals surface area contributed by atoms with Gasteiger partial charge in [-0.2, -0.15) is 11.8 Å². The molecule has 0 radical (unpaired) electrons. The minimum atomic E-state index is -0.543. The van der Waals surface area contributed by atoms with Crippen molar-refractivity contribution in [2.75, 3.05) is 19.4 Å². The lowest BCUT2D eigenvalue weighted by molar-refractivity contribution is 0.113. The summed E-state index contributed by atoms with van der Waals surface area (Å²) in [5.74, 6) is 0.664. The van der Waals surface area contributed by atoms with Crippen LogP contribution < -0.4 is 5.32 Å². The molecule has 0 bridgehead atoms. The Morgan fingerprint density at radius 3 is 2.85 bits per heavy atom. The Labute approximate surface area is 83.9 Å². The Bertz CT molecular complexity index is 146. The Hall–Kier alpha value is 0.230. The molecule has 78 valence electrons. The number of aliphatic hydroxyl groups excluding tert-OH is 2. The second-order valence-corrected chi connectivity index (χ2v) is 4.92. The molecule has 0 aromatic rings. The van der Waals surface area contributed by atoms with Crippen LogP contribution in [0.1, 0.15) is 19.3 Å². The van der Waals surface area contributed by atoms with Crippen molar-refractivity contribution in [3.8, 4) is 0 Å². The monoisotopic (exact) mass is 205 g/mol. The molecule has 1 aliphatic rings. The lowest BCUT2D eigenvalue weighted by Gasteiger charge is -2.12. The molecule has 0 spiro atoms. The predicted molar refractivity (Wildman–Crippen MR) is 56.0 cm³/mol. The number of hydrogen-bond donors (Lipinski definition) is 3. The summed E-state index contributed by atoms with van der Waals surface area (Å²) in [6, 6.07) is 0.656. The van der Waals surface area contributed by atoms with E-state index in [1.165, 1.54) is 19.3 Å². The largest absolute Gasteiger partial charge is 0.394 e. The highest BCUT2D eigenvalue weighted by Gasteiger charge is 2.23. The Balaban J connectivity index is 2.10. The normalized spacial score (nSPS) is 30.7. The van der Waals surface area contributed by atoms with Crippen LogP contribution in [0.3, 0.4) is 0 Å². The van der Waals surface area contributed by atoms with E-state index in [4.69, 9.17) is 10.2 Å². The third-order valence-electron chi connectivity index (χ3n) is 2.53. The van der Waals surface area contributed by atoms with E-state index in [0.717, 1.165) is 0 Å². The van der Waals surface area contributed by atoms with Crippen LogP contribution in [0.25, 0.3) is 0 Å². The van der Waals surface area contributed by atoms with Gasteiger partial charge in [0.25, 0.3) is 0 Å². The average molecular weight is 205 g/mol. The lowest BCUT2D eigenvalue weighted by atomic mass is 10.3. The average Bonchev–Trinajstić information content (AvgIpc) is 2.61. The molecule has 3 N–H and O–H groups in total. The maximum Gasteiger partial charge on any atom is 0.0861 e. The highest BCUT2D eigenvalue weighted by atomic mass is 32.2. The van der Waals surface area contributed by atoms with E-state index in [2.05, 4.69) is 5.32 Å². The van der Waals surface area contributed by atoms with Crippen molar-refractivity contribution in [3.05, 3.63) is 0 Å². The van der Waals surface area contributed by atoms with Gasteiger partial charge in [0.15, 0.2) is 0 Å². The summed E-state index contributed by atoms with van der Waals surface area (Å²) in [5, 5.41) is 21.7. The van der Waals surface area contributed by atoms with Gasteiger partial charge >= 0.3 is 0 Å². The zero-order valence-corrected chi connectivity index (χ0v) is 8.89. The van der Waals surface area contributed by atoms with Gasteiger partial charge in [-0.05, 0) is 26.3 Å². The second-order valence-electron chi connectivity index (χ2n) is 3.59. The molecule has 0 heterocycles. The van der Waals surface area contributed by atoms with Crippen molar-refractivity contribution >= 4 is 11.8 Å².